The maximum atomic E-state index is 12.6. The molecule has 2 amide bonds. The lowest BCUT2D eigenvalue weighted by atomic mass is 10.0. The second kappa shape index (κ2) is 7.65. The van der Waals surface area contributed by atoms with Crippen LogP contribution in [0.5, 0.6) is 0 Å². The molecule has 2 fully saturated rings. The fraction of sp³-hybridized carbons (Fsp3) is 0.579. The first kappa shape index (κ1) is 21.1. The minimum atomic E-state index is -3.71. The molecule has 0 aromatic heterocycles. The van der Waals surface area contributed by atoms with E-state index in [1.54, 1.807) is 6.92 Å². The van der Waals surface area contributed by atoms with Crippen molar-refractivity contribution in [1.82, 2.24) is 10.2 Å². The molecular formula is C19H26ClN3O4S. The summed E-state index contributed by atoms with van der Waals surface area (Å²) >= 11 is 6.25. The number of carbonyl (C=O) groups is 2. The minimum absolute atomic E-state index is 0.108. The van der Waals surface area contributed by atoms with Crippen molar-refractivity contribution in [2.24, 2.45) is 5.92 Å². The van der Waals surface area contributed by atoms with Crippen molar-refractivity contribution in [3.8, 4) is 0 Å². The summed E-state index contributed by atoms with van der Waals surface area (Å²) in [5.74, 6) is -1.63. The predicted octanol–water partition coefficient (Wildman–Crippen LogP) is 2.26. The van der Waals surface area contributed by atoms with Crippen molar-refractivity contribution in [3.05, 3.63) is 28.8 Å². The monoisotopic (exact) mass is 427 g/mol. The lowest BCUT2D eigenvalue weighted by Crippen LogP contribution is -2.50. The van der Waals surface area contributed by atoms with E-state index in [-0.39, 0.29) is 33.5 Å². The highest BCUT2D eigenvalue weighted by Gasteiger charge is 2.42. The van der Waals surface area contributed by atoms with E-state index in [1.165, 1.54) is 31.0 Å². The number of anilines is 1. The van der Waals surface area contributed by atoms with Crippen molar-refractivity contribution < 1.29 is 18.0 Å². The van der Waals surface area contributed by atoms with Crippen molar-refractivity contribution in [2.45, 2.75) is 39.2 Å². The van der Waals surface area contributed by atoms with Gasteiger partial charge in [0.05, 0.1) is 27.9 Å². The van der Waals surface area contributed by atoms with Gasteiger partial charge in [0.2, 0.25) is 15.9 Å². The number of sulfonamides is 1. The molecule has 0 bridgehead atoms. The molecule has 9 heteroatoms. The van der Waals surface area contributed by atoms with Crippen LogP contribution >= 0.6 is 11.6 Å². The Morgan fingerprint density at radius 3 is 2.46 bits per heavy atom. The summed E-state index contributed by atoms with van der Waals surface area (Å²) in [7, 11) is -3.71. The normalized spacial score (nSPS) is 22.6. The summed E-state index contributed by atoms with van der Waals surface area (Å²) in [5.41, 5.74) is 0.248. The summed E-state index contributed by atoms with van der Waals surface area (Å²) in [4.78, 5) is 27.2. The molecule has 3 rings (SSSR count). The largest absolute Gasteiger partial charge is 0.350 e. The Kier molecular flexibility index (Phi) is 5.76. The van der Waals surface area contributed by atoms with E-state index in [0.717, 1.165) is 17.4 Å². The first-order valence-electron chi connectivity index (χ1n) is 9.42. The zero-order valence-electron chi connectivity index (χ0n) is 16.4. The molecule has 7 nitrogen and oxygen atoms in total. The molecule has 0 radical (unpaired) electrons. The quantitative estimate of drug-likeness (QED) is 0.778. The molecule has 1 atom stereocenters. The lowest BCUT2D eigenvalue weighted by molar-refractivity contribution is -0.119. The van der Waals surface area contributed by atoms with Crippen LogP contribution in [0.4, 0.5) is 5.69 Å². The standard InChI is InChI=1S/C19H26ClN3O4S/c1-13-11-28(26,27)23(18(13)25)14-6-7-15(16(20)10-14)17(24)21-12-19(2,3)22-8-4-5-9-22/h6-7,10,13H,4-5,8-9,11-12H2,1-3H3,(H,21,24). The van der Waals surface area contributed by atoms with Gasteiger partial charge in [-0.2, -0.15) is 0 Å². The van der Waals surface area contributed by atoms with Crippen LogP contribution in [-0.2, 0) is 14.8 Å². The zero-order valence-corrected chi connectivity index (χ0v) is 17.9. The van der Waals surface area contributed by atoms with Crippen LogP contribution in [0.1, 0.15) is 44.0 Å². The van der Waals surface area contributed by atoms with Gasteiger partial charge in [-0.15, -0.1) is 0 Å². The minimum Gasteiger partial charge on any atom is -0.350 e. The van der Waals surface area contributed by atoms with Gasteiger partial charge in [-0.25, -0.2) is 12.7 Å². The second-order valence-electron chi connectivity index (χ2n) is 8.14. The molecule has 1 unspecified atom stereocenters. The average Bonchev–Trinajstić information content (AvgIpc) is 3.20. The highest BCUT2D eigenvalue weighted by atomic mass is 35.5. The van der Waals surface area contributed by atoms with E-state index in [4.69, 9.17) is 11.6 Å². The van der Waals surface area contributed by atoms with E-state index in [9.17, 15) is 18.0 Å². The molecule has 1 aromatic carbocycles. The number of amides is 2. The van der Waals surface area contributed by atoms with Gasteiger partial charge in [0.25, 0.3) is 5.91 Å². The highest BCUT2D eigenvalue weighted by molar-refractivity contribution is 7.94. The molecular weight excluding hydrogens is 402 g/mol. The third-order valence-electron chi connectivity index (χ3n) is 5.44. The van der Waals surface area contributed by atoms with Gasteiger partial charge in [0.1, 0.15) is 0 Å². The van der Waals surface area contributed by atoms with Gasteiger partial charge >= 0.3 is 0 Å². The maximum Gasteiger partial charge on any atom is 0.252 e. The molecule has 28 heavy (non-hydrogen) atoms. The number of hydrogen-bond acceptors (Lipinski definition) is 5. The Hall–Kier alpha value is -1.64. The molecule has 2 aliphatic rings. The van der Waals surface area contributed by atoms with Crippen molar-refractivity contribution in [2.75, 3.05) is 29.7 Å². The van der Waals surface area contributed by atoms with Gasteiger partial charge in [-0.3, -0.25) is 14.5 Å². The Morgan fingerprint density at radius 1 is 1.29 bits per heavy atom. The van der Waals surface area contributed by atoms with E-state index in [2.05, 4.69) is 24.1 Å². The number of benzene rings is 1. The topological polar surface area (TPSA) is 86.8 Å². The van der Waals surface area contributed by atoms with Crippen LogP contribution in [-0.4, -0.2) is 56.1 Å². The van der Waals surface area contributed by atoms with Gasteiger partial charge in [-0.1, -0.05) is 18.5 Å². The van der Waals surface area contributed by atoms with E-state index >= 15 is 0 Å². The SMILES string of the molecule is CC1CS(=O)(=O)N(c2ccc(C(=O)NCC(C)(C)N3CCCC3)c(Cl)c2)C1=O. The Balaban J connectivity index is 1.73. The number of likely N-dealkylation sites (tertiary alicyclic amines) is 1. The number of nitrogens with zero attached hydrogens (tertiary/aromatic N) is 2. The smallest absolute Gasteiger partial charge is 0.252 e. The van der Waals surface area contributed by atoms with Gasteiger partial charge in [-0.05, 0) is 58.0 Å². The second-order valence-corrected chi connectivity index (χ2v) is 10.4. The van der Waals surface area contributed by atoms with Crippen LogP contribution in [0.25, 0.3) is 0 Å². The van der Waals surface area contributed by atoms with Crippen LogP contribution in [0, 0.1) is 5.92 Å². The number of carbonyl (C=O) groups excluding carboxylic acids is 2. The third kappa shape index (κ3) is 4.04. The zero-order chi connectivity index (χ0) is 20.7. The van der Waals surface area contributed by atoms with Crippen LogP contribution in [0.3, 0.4) is 0 Å². The van der Waals surface area contributed by atoms with Crippen molar-refractivity contribution >= 4 is 39.1 Å². The number of rotatable bonds is 5. The molecule has 2 heterocycles. The summed E-state index contributed by atoms with van der Waals surface area (Å²) in [6, 6.07) is 4.26. The van der Waals surface area contributed by atoms with E-state index in [0.29, 0.717) is 6.54 Å². The Bertz CT molecular complexity index is 894. The van der Waals surface area contributed by atoms with Crippen LogP contribution in [0.2, 0.25) is 5.02 Å². The third-order valence-corrected chi connectivity index (χ3v) is 7.62. The van der Waals surface area contributed by atoms with Crippen molar-refractivity contribution in [3.63, 3.8) is 0 Å². The summed E-state index contributed by atoms with van der Waals surface area (Å²) in [5, 5.41) is 3.02. The number of halogens is 1. The predicted molar refractivity (Wildman–Crippen MR) is 109 cm³/mol. The van der Waals surface area contributed by atoms with E-state index < -0.39 is 21.8 Å². The summed E-state index contributed by atoms with van der Waals surface area (Å²) < 4.78 is 25.2. The summed E-state index contributed by atoms with van der Waals surface area (Å²) in [6.07, 6.45) is 2.34. The first-order chi connectivity index (χ1) is 13.0. The van der Waals surface area contributed by atoms with Crippen LogP contribution < -0.4 is 9.62 Å². The molecule has 154 valence electrons. The first-order valence-corrected chi connectivity index (χ1v) is 11.4. The fourth-order valence-corrected chi connectivity index (χ4v) is 5.80. The Labute approximate surface area is 171 Å². The Morgan fingerprint density at radius 2 is 1.93 bits per heavy atom. The molecule has 2 saturated heterocycles. The number of nitrogens with one attached hydrogen (secondary N) is 1. The van der Waals surface area contributed by atoms with Gasteiger partial charge < -0.3 is 5.32 Å². The van der Waals surface area contributed by atoms with Gasteiger partial charge in [0, 0.05) is 12.1 Å². The number of hydrogen-bond donors (Lipinski definition) is 1. The molecule has 1 N–H and O–H groups in total. The summed E-state index contributed by atoms with van der Waals surface area (Å²) in [6.45, 7) is 8.28. The van der Waals surface area contributed by atoms with Gasteiger partial charge in [0.15, 0.2) is 0 Å². The molecule has 0 aliphatic carbocycles. The van der Waals surface area contributed by atoms with Crippen LogP contribution in [0.15, 0.2) is 18.2 Å². The van der Waals surface area contributed by atoms with Crippen molar-refractivity contribution in [1.29, 1.82) is 0 Å². The average molecular weight is 428 g/mol. The lowest BCUT2D eigenvalue weighted by Gasteiger charge is -2.35. The molecule has 0 spiro atoms. The molecule has 1 aromatic rings. The van der Waals surface area contributed by atoms with E-state index in [1.807, 2.05) is 0 Å². The molecule has 0 saturated carbocycles. The highest BCUT2D eigenvalue weighted by Crippen LogP contribution is 2.31. The molecule has 2 aliphatic heterocycles. The fourth-order valence-electron chi connectivity index (χ4n) is 3.73. The maximum absolute atomic E-state index is 12.6.